The van der Waals surface area contributed by atoms with Crippen molar-refractivity contribution in [3.63, 3.8) is 0 Å². The number of carbonyl (C=O) groups is 1. The van der Waals surface area contributed by atoms with Crippen molar-refractivity contribution in [2.45, 2.75) is 39.0 Å². The van der Waals surface area contributed by atoms with E-state index >= 15 is 0 Å². The normalized spacial score (nSPS) is 20.2. The molecule has 0 aliphatic carbocycles. The van der Waals surface area contributed by atoms with Gasteiger partial charge in [-0.1, -0.05) is 12.1 Å². The summed E-state index contributed by atoms with van der Waals surface area (Å²) in [5, 5.41) is 9.41. The number of nitrogens with zero attached hydrogens (tertiary/aromatic N) is 2. The Morgan fingerprint density at radius 3 is 2.85 bits per heavy atom. The first-order valence-electron chi connectivity index (χ1n) is 9.24. The highest BCUT2D eigenvalue weighted by atomic mass is 16.5. The SMILES string of the molecule is COc1ccc(CN2CCC[C@H](C(=O)O)[C@@H]2C)cc1OCc1cccnc1. The van der Waals surface area contributed by atoms with Crippen LogP contribution in [0.3, 0.4) is 0 Å². The molecule has 3 rings (SSSR count). The molecule has 0 spiro atoms. The van der Waals surface area contributed by atoms with Gasteiger partial charge in [0.05, 0.1) is 13.0 Å². The summed E-state index contributed by atoms with van der Waals surface area (Å²) in [7, 11) is 1.62. The van der Waals surface area contributed by atoms with Crippen molar-refractivity contribution >= 4 is 5.97 Å². The third-order valence-corrected chi connectivity index (χ3v) is 5.17. The molecule has 1 fully saturated rings. The Morgan fingerprint density at radius 2 is 2.15 bits per heavy atom. The molecule has 27 heavy (non-hydrogen) atoms. The van der Waals surface area contributed by atoms with E-state index < -0.39 is 5.97 Å². The molecule has 0 bridgehead atoms. The van der Waals surface area contributed by atoms with Crippen molar-refractivity contribution in [1.82, 2.24) is 9.88 Å². The van der Waals surface area contributed by atoms with Crippen LogP contribution in [0.4, 0.5) is 0 Å². The Kier molecular flexibility index (Phi) is 6.29. The molecule has 0 unspecified atom stereocenters. The molecule has 0 saturated carbocycles. The monoisotopic (exact) mass is 370 g/mol. The van der Waals surface area contributed by atoms with Gasteiger partial charge in [-0.15, -0.1) is 0 Å². The number of hydrogen-bond acceptors (Lipinski definition) is 5. The number of carboxylic acid groups (broad SMARTS) is 1. The van der Waals surface area contributed by atoms with Gasteiger partial charge in [-0.25, -0.2) is 0 Å². The first-order chi connectivity index (χ1) is 13.1. The van der Waals surface area contributed by atoms with Crippen molar-refractivity contribution in [2.75, 3.05) is 13.7 Å². The summed E-state index contributed by atoms with van der Waals surface area (Å²) in [5.74, 6) is 0.344. The summed E-state index contributed by atoms with van der Waals surface area (Å²) < 4.78 is 11.4. The Bertz CT molecular complexity index is 766. The maximum Gasteiger partial charge on any atom is 0.308 e. The second-order valence-corrected chi connectivity index (χ2v) is 6.93. The third-order valence-electron chi connectivity index (χ3n) is 5.17. The Balaban J connectivity index is 1.71. The Hall–Kier alpha value is -2.60. The minimum absolute atomic E-state index is 0.0121. The first kappa shape index (κ1) is 19.2. The van der Waals surface area contributed by atoms with E-state index in [1.165, 1.54) is 0 Å². The minimum Gasteiger partial charge on any atom is -0.493 e. The topological polar surface area (TPSA) is 71.9 Å². The Morgan fingerprint density at radius 1 is 1.30 bits per heavy atom. The van der Waals surface area contributed by atoms with E-state index in [1.807, 2.05) is 37.3 Å². The van der Waals surface area contributed by atoms with Gasteiger partial charge in [0.25, 0.3) is 0 Å². The number of rotatable bonds is 7. The molecule has 1 aliphatic heterocycles. The predicted molar refractivity (Wildman–Crippen MR) is 102 cm³/mol. The van der Waals surface area contributed by atoms with E-state index in [0.29, 0.717) is 24.7 Å². The summed E-state index contributed by atoms with van der Waals surface area (Å²) >= 11 is 0. The van der Waals surface area contributed by atoms with E-state index in [1.54, 1.807) is 19.5 Å². The van der Waals surface area contributed by atoms with Crippen LogP contribution in [0.15, 0.2) is 42.7 Å². The molecular formula is C21H26N2O4. The van der Waals surface area contributed by atoms with E-state index in [9.17, 15) is 9.90 Å². The largest absolute Gasteiger partial charge is 0.493 e. The minimum atomic E-state index is -0.706. The van der Waals surface area contributed by atoms with Crippen LogP contribution in [-0.2, 0) is 17.9 Å². The van der Waals surface area contributed by atoms with Crippen LogP contribution >= 0.6 is 0 Å². The van der Waals surface area contributed by atoms with Crippen LogP contribution in [0.25, 0.3) is 0 Å². The number of methoxy groups -OCH3 is 1. The molecule has 144 valence electrons. The quantitative estimate of drug-likeness (QED) is 0.806. The molecule has 2 atom stereocenters. The van der Waals surface area contributed by atoms with Gasteiger partial charge in [-0.2, -0.15) is 0 Å². The lowest BCUT2D eigenvalue weighted by Gasteiger charge is -2.37. The molecule has 2 aromatic rings. The van der Waals surface area contributed by atoms with Gasteiger partial charge in [0.1, 0.15) is 6.61 Å². The summed E-state index contributed by atoms with van der Waals surface area (Å²) in [6, 6.07) is 9.74. The molecular weight excluding hydrogens is 344 g/mol. The molecule has 6 heteroatoms. The molecule has 0 radical (unpaired) electrons. The van der Waals surface area contributed by atoms with Crippen molar-refractivity contribution in [3.8, 4) is 11.5 Å². The van der Waals surface area contributed by atoms with Crippen molar-refractivity contribution in [2.24, 2.45) is 5.92 Å². The summed E-state index contributed by atoms with van der Waals surface area (Å²) in [6.45, 7) is 4.01. The number of pyridine rings is 1. The van der Waals surface area contributed by atoms with Gasteiger partial charge in [-0.05, 0) is 50.1 Å². The summed E-state index contributed by atoms with van der Waals surface area (Å²) in [6.07, 6.45) is 5.16. The highest BCUT2D eigenvalue weighted by Crippen LogP contribution is 2.31. The van der Waals surface area contributed by atoms with E-state index in [0.717, 1.165) is 30.5 Å². The number of benzene rings is 1. The molecule has 2 heterocycles. The van der Waals surface area contributed by atoms with Crippen molar-refractivity contribution < 1.29 is 19.4 Å². The highest BCUT2D eigenvalue weighted by Gasteiger charge is 2.32. The van der Waals surface area contributed by atoms with Crippen LogP contribution in [0.1, 0.15) is 30.9 Å². The average molecular weight is 370 g/mol. The lowest BCUT2D eigenvalue weighted by molar-refractivity contribution is -0.145. The van der Waals surface area contributed by atoms with Gasteiger partial charge in [0, 0.05) is 30.5 Å². The van der Waals surface area contributed by atoms with Crippen LogP contribution in [0, 0.1) is 5.92 Å². The molecule has 1 N–H and O–H groups in total. The second-order valence-electron chi connectivity index (χ2n) is 6.93. The lowest BCUT2D eigenvalue weighted by atomic mass is 9.90. The lowest BCUT2D eigenvalue weighted by Crippen LogP contribution is -2.45. The summed E-state index contributed by atoms with van der Waals surface area (Å²) in [5.41, 5.74) is 2.06. The van der Waals surface area contributed by atoms with E-state index in [4.69, 9.17) is 9.47 Å². The fraction of sp³-hybridized carbons (Fsp3) is 0.429. The molecule has 0 amide bonds. The van der Waals surface area contributed by atoms with Gasteiger partial charge in [-0.3, -0.25) is 14.7 Å². The summed E-state index contributed by atoms with van der Waals surface area (Å²) in [4.78, 5) is 17.8. The van der Waals surface area contributed by atoms with E-state index in [2.05, 4.69) is 9.88 Å². The number of likely N-dealkylation sites (tertiary alicyclic amines) is 1. The smallest absolute Gasteiger partial charge is 0.308 e. The fourth-order valence-corrected chi connectivity index (χ4v) is 3.58. The van der Waals surface area contributed by atoms with Gasteiger partial charge in [0.15, 0.2) is 11.5 Å². The number of piperidine rings is 1. The zero-order chi connectivity index (χ0) is 19.2. The van der Waals surface area contributed by atoms with Gasteiger partial charge in [0.2, 0.25) is 0 Å². The molecule has 1 aromatic carbocycles. The Labute approximate surface area is 159 Å². The predicted octanol–water partition coefficient (Wildman–Crippen LogP) is 3.35. The van der Waals surface area contributed by atoms with Crippen molar-refractivity contribution in [1.29, 1.82) is 0 Å². The maximum atomic E-state index is 11.5. The van der Waals surface area contributed by atoms with Crippen LogP contribution in [0.5, 0.6) is 11.5 Å². The standard InChI is InChI=1S/C21H26N2O4/c1-15-18(21(24)25)6-4-10-23(15)13-16-7-8-19(26-2)20(11-16)27-14-17-5-3-9-22-12-17/h3,5,7-9,11-12,15,18H,4,6,10,13-14H2,1-2H3,(H,24,25)/t15-,18-/m0/s1. The molecule has 1 aromatic heterocycles. The number of hydrogen-bond donors (Lipinski definition) is 1. The van der Waals surface area contributed by atoms with Crippen LogP contribution < -0.4 is 9.47 Å². The van der Waals surface area contributed by atoms with Crippen LogP contribution in [0.2, 0.25) is 0 Å². The van der Waals surface area contributed by atoms with Crippen molar-refractivity contribution in [3.05, 3.63) is 53.9 Å². The van der Waals surface area contributed by atoms with Gasteiger partial charge >= 0.3 is 5.97 Å². The average Bonchev–Trinajstić information content (AvgIpc) is 2.68. The fourth-order valence-electron chi connectivity index (χ4n) is 3.58. The molecule has 1 saturated heterocycles. The van der Waals surface area contributed by atoms with Crippen LogP contribution in [-0.4, -0.2) is 40.7 Å². The molecule has 6 nitrogen and oxygen atoms in total. The second kappa shape index (κ2) is 8.86. The molecule has 1 aliphatic rings. The number of aromatic nitrogens is 1. The first-order valence-corrected chi connectivity index (χ1v) is 9.24. The van der Waals surface area contributed by atoms with E-state index in [-0.39, 0.29) is 12.0 Å². The van der Waals surface area contributed by atoms with Gasteiger partial charge < -0.3 is 14.6 Å². The number of aliphatic carboxylic acids is 1. The highest BCUT2D eigenvalue weighted by molar-refractivity contribution is 5.71. The zero-order valence-corrected chi connectivity index (χ0v) is 15.8. The maximum absolute atomic E-state index is 11.5. The number of ether oxygens (including phenoxy) is 2. The third kappa shape index (κ3) is 4.77. The number of carboxylic acids is 1. The zero-order valence-electron chi connectivity index (χ0n) is 15.8.